The van der Waals surface area contributed by atoms with Crippen molar-refractivity contribution in [2.45, 2.75) is 6.04 Å². The number of rotatable bonds is 6. The number of aromatic nitrogens is 1. The van der Waals surface area contributed by atoms with Gasteiger partial charge in [-0.1, -0.05) is 24.3 Å². The summed E-state index contributed by atoms with van der Waals surface area (Å²) in [6, 6.07) is 16.7. The molecule has 0 bridgehead atoms. The van der Waals surface area contributed by atoms with Gasteiger partial charge in [-0.3, -0.25) is 9.78 Å². The van der Waals surface area contributed by atoms with Crippen molar-refractivity contribution >= 4 is 11.6 Å². The topological polar surface area (TPSA) is 54.5 Å². The highest BCUT2D eigenvalue weighted by atomic mass is 19.1. The Kier molecular flexibility index (Phi) is 5.89. The number of benzene rings is 2. The smallest absolute Gasteiger partial charge is 0.255 e. The van der Waals surface area contributed by atoms with Crippen molar-refractivity contribution < 1.29 is 13.9 Å². The first-order valence-corrected chi connectivity index (χ1v) is 8.83. The third kappa shape index (κ3) is 4.11. The maximum atomic E-state index is 14.5. The number of carbonyl (C=O) groups is 1. The molecule has 6 heteroatoms. The normalized spacial score (nSPS) is 11.6. The Morgan fingerprint density at radius 2 is 1.86 bits per heavy atom. The molecule has 1 amide bonds. The number of ether oxygens (including phenoxy) is 1. The first-order chi connectivity index (χ1) is 13.5. The van der Waals surface area contributed by atoms with E-state index in [1.54, 1.807) is 30.3 Å². The minimum Gasteiger partial charge on any atom is -0.496 e. The van der Waals surface area contributed by atoms with Gasteiger partial charge in [0.1, 0.15) is 17.6 Å². The van der Waals surface area contributed by atoms with Gasteiger partial charge in [0.05, 0.1) is 18.4 Å². The lowest BCUT2D eigenvalue weighted by molar-refractivity contribution is 0.0938. The van der Waals surface area contributed by atoms with Crippen molar-refractivity contribution in [3.05, 3.63) is 89.5 Å². The molecular formula is C22H22FN3O2. The number of para-hydroxylation sites is 1. The van der Waals surface area contributed by atoms with Crippen LogP contribution in [0.4, 0.5) is 10.1 Å². The van der Waals surface area contributed by atoms with E-state index in [0.717, 1.165) is 5.56 Å². The van der Waals surface area contributed by atoms with E-state index in [4.69, 9.17) is 4.74 Å². The lowest BCUT2D eigenvalue weighted by Crippen LogP contribution is -2.31. The summed E-state index contributed by atoms with van der Waals surface area (Å²) in [6.07, 6.45) is 1.65. The molecule has 0 radical (unpaired) electrons. The van der Waals surface area contributed by atoms with Gasteiger partial charge in [0.15, 0.2) is 0 Å². The Morgan fingerprint density at radius 1 is 1.11 bits per heavy atom. The summed E-state index contributed by atoms with van der Waals surface area (Å²) in [7, 11) is 5.19. The third-order valence-corrected chi connectivity index (χ3v) is 4.42. The van der Waals surface area contributed by atoms with Crippen LogP contribution in [0.1, 0.15) is 27.7 Å². The molecule has 2 aromatic carbocycles. The van der Waals surface area contributed by atoms with Crippen molar-refractivity contribution in [1.29, 1.82) is 0 Å². The lowest BCUT2D eigenvalue weighted by Gasteiger charge is -2.21. The fraction of sp³-hybridized carbons (Fsp3) is 0.182. The molecule has 1 N–H and O–H groups in total. The number of amides is 1. The maximum Gasteiger partial charge on any atom is 0.255 e. The van der Waals surface area contributed by atoms with Gasteiger partial charge in [-0.15, -0.1) is 0 Å². The average Bonchev–Trinajstić information content (AvgIpc) is 2.72. The summed E-state index contributed by atoms with van der Waals surface area (Å²) in [5, 5.41) is 2.90. The number of hydrogen-bond acceptors (Lipinski definition) is 4. The number of halogens is 1. The number of nitrogens with one attached hydrogen (secondary N) is 1. The molecule has 0 spiro atoms. The summed E-state index contributed by atoms with van der Waals surface area (Å²) < 4.78 is 20.0. The molecule has 0 aliphatic rings. The van der Waals surface area contributed by atoms with Crippen molar-refractivity contribution in [3.8, 4) is 5.75 Å². The molecule has 1 heterocycles. The van der Waals surface area contributed by atoms with E-state index in [1.807, 2.05) is 50.5 Å². The summed E-state index contributed by atoms with van der Waals surface area (Å²) in [5.74, 6) is -0.491. The summed E-state index contributed by atoms with van der Waals surface area (Å²) in [6.45, 7) is 0. The van der Waals surface area contributed by atoms with Gasteiger partial charge in [-0.05, 0) is 36.4 Å². The van der Waals surface area contributed by atoms with Crippen LogP contribution in [-0.2, 0) is 0 Å². The Balaban J connectivity index is 1.97. The molecule has 0 aliphatic carbocycles. The minimum absolute atomic E-state index is 0.0265. The SMILES string of the molecule is COc1ccccc1C(NC(=O)c1ccc(N(C)C)cc1F)c1ccccn1. The second-order valence-electron chi connectivity index (χ2n) is 6.46. The first kappa shape index (κ1) is 19.4. The van der Waals surface area contributed by atoms with E-state index in [2.05, 4.69) is 10.3 Å². The number of methoxy groups -OCH3 is 1. The van der Waals surface area contributed by atoms with Crippen LogP contribution in [0.2, 0.25) is 0 Å². The van der Waals surface area contributed by atoms with Gasteiger partial charge >= 0.3 is 0 Å². The monoisotopic (exact) mass is 379 g/mol. The summed E-state index contributed by atoms with van der Waals surface area (Å²) in [5.41, 5.74) is 2.02. The van der Waals surface area contributed by atoms with Crippen molar-refractivity contribution in [1.82, 2.24) is 10.3 Å². The lowest BCUT2D eigenvalue weighted by atomic mass is 10.0. The zero-order chi connectivity index (χ0) is 20.1. The number of pyridine rings is 1. The predicted octanol–water partition coefficient (Wildman–Crippen LogP) is 3.81. The van der Waals surface area contributed by atoms with Crippen LogP contribution >= 0.6 is 0 Å². The molecule has 144 valence electrons. The fourth-order valence-corrected chi connectivity index (χ4v) is 2.94. The minimum atomic E-state index is -0.585. The molecule has 3 rings (SSSR count). The largest absolute Gasteiger partial charge is 0.496 e. The highest BCUT2D eigenvalue weighted by Crippen LogP contribution is 2.29. The van der Waals surface area contributed by atoms with Gasteiger partial charge in [-0.2, -0.15) is 0 Å². The molecule has 0 saturated heterocycles. The molecule has 5 nitrogen and oxygen atoms in total. The molecule has 3 aromatic rings. The standard InChI is InChI=1S/C22H22FN3O2/c1-26(2)15-11-12-16(18(23)14-15)22(27)25-21(19-9-6-7-13-24-19)17-8-4-5-10-20(17)28-3/h4-14,21H,1-3H3,(H,25,27). The van der Waals surface area contributed by atoms with E-state index in [9.17, 15) is 9.18 Å². The molecule has 0 fully saturated rings. The zero-order valence-electron chi connectivity index (χ0n) is 16.0. The fourth-order valence-electron chi connectivity index (χ4n) is 2.94. The van der Waals surface area contributed by atoms with Crippen LogP contribution in [0.3, 0.4) is 0 Å². The molecule has 28 heavy (non-hydrogen) atoms. The highest BCUT2D eigenvalue weighted by Gasteiger charge is 2.23. The van der Waals surface area contributed by atoms with Crippen molar-refractivity contribution in [2.24, 2.45) is 0 Å². The van der Waals surface area contributed by atoms with Crippen LogP contribution in [-0.4, -0.2) is 32.1 Å². The quantitative estimate of drug-likeness (QED) is 0.708. The second-order valence-corrected chi connectivity index (χ2v) is 6.46. The van der Waals surface area contributed by atoms with Crippen LogP contribution in [0.15, 0.2) is 66.9 Å². The molecule has 1 atom stereocenters. The van der Waals surface area contributed by atoms with Gasteiger partial charge in [0.25, 0.3) is 5.91 Å². The Hall–Kier alpha value is -3.41. The van der Waals surface area contributed by atoms with Crippen molar-refractivity contribution in [3.63, 3.8) is 0 Å². The summed E-state index contributed by atoms with van der Waals surface area (Å²) >= 11 is 0. The van der Waals surface area contributed by atoms with Gasteiger partial charge in [0.2, 0.25) is 0 Å². The number of hydrogen-bond donors (Lipinski definition) is 1. The average molecular weight is 379 g/mol. The Bertz CT molecular complexity index is 961. The van der Waals surface area contributed by atoms with E-state index in [-0.39, 0.29) is 5.56 Å². The molecular weight excluding hydrogens is 357 g/mol. The molecule has 0 saturated carbocycles. The van der Waals surface area contributed by atoms with Crippen LogP contribution in [0, 0.1) is 5.82 Å². The highest BCUT2D eigenvalue weighted by molar-refractivity contribution is 5.95. The number of nitrogens with zero attached hydrogens (tertiary/aromatic N) is 2. The van der Waals surface area contributed by atoms with Crippen LogP contribution in [0.25, 0.3) is 0 Å². The van der Waals surface area contributed by atoms with Crippen molar-refractivity contribution in [2.75, 3.05) is 26.1 Å². The van der Waals surface area contributed by atoms with Crippen LogP contribution < -0.4 is 15.0 Å². The predicted molar refractivity (Wildman–Crippen MR) is 107 cm³/mol. The van der Waals surface area contributed by atoms with Gasteiger partial charge in [-0.25, -0.2) is 4.39 Å². The Morgan fingerprint density at radius 3 is 2.50 bits per heavy atom. The second kappa shape index (κ2) is 8.52. The van der Waals surface area contributed by atoms with Gasteiger partial charge in [0, 0.05) is 31.5 Å². The molecule has 1 unspecified atom stereocenters. The van der Waals surface area contributed by atoms with Crippen LogP contribution in [0.5, 0.6) is 5.75 Å². The molecule has 1 aromatic heterocycles. The first-order valence-electron chi connectivity index (χ1n) is 8.83. The Labute approximate surface area is 163 Å². The third-order valence-electron chi connectivity index (χ3n) is 4.42. The van der Waals surface area contributed by atoms with E-state index < -0.39 is 17.8 Å². The molecule has 0 aliphatic heterocycles. The number of anilines is 1. The summed E-state index contributed by atoms with van der Waals surface area (Å²) in [4.78, 5) is 19.0. The van der Waals surface area contributed by atoms with E-state index in [1.165, 1.54) is 12.1 Å². The zero-order valence-corrected chi connectivity index (χ0v) is 16.0. The number of carbonyl (C=O) groups excluding carboxylic acids is 1. The van der Waals surface area contributed by atoms with E-state index >= 15 is 0 Å². The van der Waals surface area contributed by atoms with Gasteiger partial charge < -0.3 is 15.0 Å². The van der Waals surface area contributed by atoms with E-state index in [0.29, 0.717) is 17.1 Å². The maximum absolute atomic E-state index is 14.5.